The summed E-state index contributed by atoms with van der Waals surface area (Å²) in [5.41, 5.74) is 0. The molecular formula is C10H10Fe2O2. The average molecular weight is 274 g/mol. The van der Waals surface area contributed by atoms with E-state index in [4.69, 9.17) is 9.59 Å². The van der Waals surface area contributed by atoms with Crippen molar-refractivity contribution < 1.29 is 43.7 Å². The molecule has 0 bridgehead atoms. The quantitative estimate of drug-likeness (QED) is 0.382. The van der Waals surface area contributed by atoms with Crippen molar-refractivity contribution in [3.05, 3.63) is 48.6 Å². The predicted octanol–water partition coefficient (Wildman–Crippen LogP) is 1.67. The second-order valence-electron chi connectivity index (χ2n) is 1.54. The maximum absolute atomic E-state index is 7.75. The Hall–Kier alpha value is -0.661. The Morgan fingerprint density at radius 2 is 0.571 bits per heavy atom. The van der Waals surface area contributed by atoms with Crippen LogP contribution in [0.3, 0.4) is 0 Å². The zero-order valence-corrected chi connectivity index (χ0v) is 9.51. The first-order valence-electron chi connectivity index (χ1n) is 3.14. The summed E-state index contributed by atoms with van der Waals surface area (Å²) < 4.78 is 0. The smallest absolute Gasteiger partial charge is 0.545 e. The molecule has 14 heavy (non-hydrogen) atoms. The number of allylic oxidation sites excluding steroid dienone is 8. The van der Waals surface area contributed by atoms with Gasteiger partial charge in [0.15, 0.2) is 0 Å². The van der Waals surface area contributed by atoms with Crippen LogP contribution in [0.1, 0.15) is 0 Å². The molecule has 0 unspecified atom stereocenters. The molecule has 0 aromatic carbocycles. The fourth-order valence-electron chi connectivity index (χ4n) is 0.513. The number of hydrogen-bond donors (Lipinski definition) is 0. The van der Waals surface area contributed by atoms with Gasteiger partial charge in [0.25, 0.3) is 0 Å². The third kappa shape index (κ3) is 22.5. The van der Waals surface area contributed by atoms with Crippen LogP contribution in [-0.2, 0) is 43.7 Å². The Morgan fingerprint density at radius 3 is 0.643 bits per heavy atom. The number of rotatable bonds is 0. The van der Waals surface area contributed by atoms with Gasteiger partial charge in [0.2, 0.25) is 0 Å². The van der Waals surface area contributed by atoms with Crippen LogP contribution in [0.15, 0.2) is 48.6 Å². The van der Waals surface area contributed by atoms with Crippen molar-refractivity contribution >= 4 is 13.6 Å². The summed E-state index contributed by atoms with van der Waals surface area (Å²) in [6, 6.07) is 0. The third-order valence-electron chi connectivity index (χ3n) is 0.889. The van der Waals surface area contributed by atoms with Gasteiger partial charge in [0.1, 0.15) is 0 Å². The zero-order valence-electron chi connectivity index (χ0n) is 7.30. The van der Waals surface area contributed by atoms with Crippen LogP contribution in [0.5, 0.6) is 0 Å². The van der Waals surface area contributed by atoms with Crippen molar-refractivity contribution in [1.82, 2.24) is 0 Å². The van der Waals surface area contributed by atoms with Gasteiger partial charge < -0.3 is 9.59 Å². The molecule has 0 aromatic rings. The van der Waals surface area contributed by atoms with Gasteiger partial charge >= 0.3 is 17.1 Å². The summed E-state index contributed by atoms with van der Waals surface area (Å²) >= 11 is 0. The van der Waals surface area contributed by atoms with Crippen molar-refractivity contribution in [2.24, 2.45) is 0 Å². The molecular weight excluding hydrogens is 264 g/mol. The SMILES string of the molecule is C1=CC=CC=CC=C1.[CH-]=O.[CH-]=O.[Fe+2].[Fe]. The Labute approximate surface area is 106 Å². The average Bonchev–Trinajstić information content (AvgIpc) is 2.10. The molecule has 4 heteroatoms. The molecule has 1 aliphatic rings. The van der Waals surface area contributed by atoms with Crippen molar-refractivity contribution in [3.63, 3.8) is 0 Å². The van der Waals surface area contributed by atoms with E-state index in [1.54, 1.807) is 0 Å². The van der Waals surface area contributed by atoms with E-state index in [1.807, 2.05) is 48.6 Å². The van der Waals surface area contributed by atoms with Gasteiger partial charge in [-0.2, -0.15) is 0 Å². The zero-order chi connectivity index (χ0) is 9.66. The third-order valence-corrected chi connectivity index (χ3v) is 0.889. The first-order valence-corrected chi connectivity index (χ1v) is 3.14. The van der Waals surface area contributed by atoms with Crippen LogP contribution in [0.4, 0.5) is 0 Å². The molecule has 0 aromatic heterocycles. The first kappa shape index (κ1) is 23.3. The van der Waals surface area contributed by atoms with Gasteiger partial charge in [-0.25, -0.2) is 0 Å². The van der Waals surface area contributed by atoms with Crippen LogP contribution < -0.4 is 0 Å². The number of hydrogen-bond acceptors (Lipinski definition) is 2. The summed E-state index contributed by atoms with van der Waals surface area (Å²) in [7, 11) is 0. The van der Waals surface area contributed by atoms with Gasteiger partial charge in [0.05, 0.1) is 0 Å². The maximum atomic E-state index is 7.75. The van der Waals surface area contributed by atoms with Crippen molar-refractivity contribution in [1.29, 1.82) is 0 Å². The molecule has 0 amide bonds. The molecule has 0 radical (unpaired) electrons. The molecule has 0 saturated heterocycles. The van der Waals surface area contributed by atoms with Crippen molar-refractivity contribution in [3.8, 4) is 0 Å². The molecule has 0 atom stereocenters. The van der Waals surface area contributed by atoms with Crippen molar-refractivity contribution in [2.45, 2.75) is 0 Å². The minimum absolute atomic E-state index is 0. The summed E-state index contributed by atoms with van der Waals surface area (Å²) in [5.74, 6) is 0. The summed E-state index contributed by atoms with van der Waals surface area (Å²) in [6.45, 7) is 6.50. The molecule has 0 heterocycles. The monoisotopic (exact) mass is 274 g/mol. The van der Waals surface area contributed by atoms with Crippen LogP contribution in [-0.4, -0.2) is 13.6 Å². The minimum atomic E-state index is 0. The molecule has 0 aliphatic heterocycles. The second kappa shape index (κ2) is 29.5. The number of carbonyl (C=O) groups excluding carboxylic acids is 2. The van der Waals surface area contributed by atoms with Gasteiger partial charge in [-0.1, -0.05) is 48.6 Å². The van der Waals surface area contributed by atoms with Crippen LogP contribution in [0, 0.1) is 0 Å². The van der Waals surface area contributed by atoms with E-state index >= 15 is 0 Å². The Bertz CT molecular complexity index is 138. The van der Waals surface area contributed by atoms with Gasteiger partial charge in [-0.3, -0.25) is 13.6 Å². The molecule has 0 saturated carbocycles. The Morgan fingerprint density at radius 1 is 0.500 bits per heavy atom. The van der Waals surface area contributed by atoms with Gasteiger partial charge in [-0.15, -0.1) is 0 Å². The molecule has 0 N–H and O–H groups in total. The van der Waals surface area contributed by atoms with E-state index in [9.17, 15) is 0 Å². The summed E-state index contributed by atoms with van der Waals surface area (Å²) in [4.78, 5) is 15.5. The molecule has 78 valence electrons. The van der Waals surface area contributed by atoms with Crippen LogP contribution in [0.25, 0.3) is 0 Å². The van der Waals surface area contributed by atoms with E-state index in [1.165, 1.54) is 0 Å². The van der Waals surface area contributed by atoms with E-state index < -0.39 is 0 Å². The van der Waals surface area contributed by atoms with E-state index in [-0.39, 0.29) is 34.1 Å². The molecule has 1 aliphatic carbocycles. The fourth-order valence-corrected chi connectivity index (χ4v) is 0.513. The van der Waals surface area contributed by atoms with Crippen LogP contribution in [0.2, 0.25) is 0 Å². The molecule has 1 rings (SSSR count). The minimum Gasteiger partial charge on any atom is -0.545 e. The molecule has 0 spiro atoms. The topological polar surface area (TPSA) is 34.1 Å². The van der Waals surface area contributed by atoms with Gasteiger partial charge in [0, 0.05) is 17.1 Å². The predicted molar refractivity (Wildman–Crippen MR) is 50.1 cm³/mol. The van der Waals surface area contributed by atoms with E-state index in [0.29, 0.717) is 0 Å². The summed E-state index contributed by atoms with van der Waals surface area (Å²) in [6.07, 6.45) is 16.0. The Kier molecular flexibility index (Phi) is 49.0. The van der Waals surface area contributed by atoms with Crippen LogP contribution >= 0.6 is 0 Å². The van der Waals surface area contributed by atoms with Gasteiger partial charge in [-0.05, 0) is 0 Å². The Balaban J connectivity index is -0.0000000750. The standard InChI is InChI=1S/C8H8.2CHO.2Fe/c1-2-4-6-8-7-5-3-1;2*1-2;;/h1-8H;2*1H;;/q;2*-1;;+2. The molecule has 0 fully saturated rings. The van der Waals surface area contributed by atoms with E-state index in [0.717, 1.165) is 0 Å². The maximum Gasteiger partial charge on any atom is 2.00 e. The van der Waals surface area contributed by atoms with E-state index in [2.05, 4.69) is 13.6 Å². The largest absolute Gasteiger partial charge is 2.00 e. The normalized spacial score (nSPS) is 9.71. The fraction of sp³-hybridized carbons (Fsp3) is 0. The first-order chi connectivity index (χ1) is 6.00. The summed E-state index contributed by atoms with van der Waals surface area (Å²) in [5, 5.41) is 0. The van der Waals surface area contributed by atoms with Crippen molar-refractivity contribution in [2.75, 3.05) is 0 Å². The second-order valence-corrected chi connectivity index (χ2v) is 1.54. The molecule has 2 nitrogen and oxygen atoms in total.